The number of carbonyl (C=O) groups excluding carboxylic acids is 1. The van der Waals surface area contributed by atoms with Crippen LogP contribution in [0.5, 0.6) is 5.75 Å². The summed E-state index contributed by atoms with van der Waals surface area (Å²) < 4.78 is 10.2. The topological polar surface area (TPSA) is 87.3 Å². The average molecular weight is 287 g/mol. The lowest BCUT2D eigenvalue weighted by atomic mass is 10.1. The highest BCUT2D eigenvalue weighted by atomic mass is 16.5. The maximum atomic E-state index is 11.3. The van der Waals surface area contributed by atoms with Crippen molar-refractivity contribution in [2.24, 2.45) is 5.73 Å². The predicted molar refractivity (Wildman–Crippen MR) is 76.5 cm³/mol. The van der Waals surface area contributed by atoms with Crippen LogP contribution >= 0.6 is 0 Å². The van der Waals surface area contributed by atoms with Crippen molar-refractivity contribution in [2.75, 3.05) is 7.11 Å². The van der Waals surface area contributed by atoms with E-state index in [1.807, 2.05) is 24.3 Å². The molecule has 0 spiro atoms. The minimum Gasteiger partial charge on any atom is -0.486 e. The van der Waals surface area contributed by atoms with Gasteiger partial charge < -0.3 is 15.2 Å². The summed E-state index contributed by atoms with van der Waals surface area (Å²) in [5.74, 6) is 0.906. The van der Waals surface area contributed by atoms with E-state index in [9.17, 15) is 4.79 Å². The lowest BCUT2D eigenvalue weighted by Gasteiger charge is -2.10. The minimum absolute atomic E-state index is 0.307. The summed E-state index contributed by atoms with van der Waals surface area (Å²) in [5.41, 5.74) is 6.65. The van der Waals surface area contributed by atoms with Gasteiger partial charge in [-0.25, -0.2) is 9.97 Å². The Hall–Kier alpha value is -2.47. The van der Waals surface area contributed by atoms with Gasteiger partial charge in [-0.1, -0.05) is 12.1 Å². The van der Waals surface area contributed by atoms with Gasteiger partial charge in [-0.2, -0.15) is 0 Å². The van der Waals surface area contributed by atoms with Crippen LogP contribution < -0.4 is 10.5 Å². The van der Waals surface area contributed by atoms with Gasteiger partial charge >= 0.3 is 5.97 Å². The summed E-state index contributed by atoms with van der Waals surface area (Å²) in [5, 5.41) is 0. The third-order valence-corrected chi connectivity index (χ3v) is 2.87. The maximum Gasteiger partial charge on any atom is 0.322 e. The number of aromatic nitrogens is 2. The molecule has 0 saturated heterocycles. The highest BCUT2D eigenvalue weighted by Gasteiger charge is 2.14. The van der Waals surface area contributed by atoms with Gasteiger partial charge in [-0.15, -0.1) is 0 Å². The average Bonchev–Trinajstić information content (AvgIpc) is 2.54. The molecule has 0 amide bonds. The molecule has 110 valence electrons. The van der Waals surface area contributed by atoms with Crippen molar-refractivity contribution in [1.29, 1.82) is 0 Å². The van der Waals surface area contributed by atoms with Crippen LogP contribution in [-0.2, 0) is 22.6 Å². The number of nitrogens with zero attached hydrogens (tertiary/aromatic N) is 2. The van der Waals surface area contributed by atoms with Crippen LogP contribution in [-0.4, -0.2) is 29.1 Å². The second-order valence-electron chi connectivity index (χ2n) is 4.43. The summed E-state index contributed by atoms with van der Waals surface area (Å²) in [6, 6.07) is 8.47. The SMILES string of the molecule is COC(=O)C(N)Cc1ccc(OCc2ncccn2)cc1. The summed E-state index contributed by atoms with van der Waals surface area (Å²) in [7, 11) is 1.32. The molecule has 0 aliphatic carbocycles. The van der Waals surface area contributed by atoms with Crippen molar-refractivity contribution in [3.8, 4) is 5.75 Å². The Morgan fingerprint density at radius 2 is 1.90 bits per heavy atom. The number of benzene rings is 1. The first-order valence-corrected chi connectivity index (χ1v) is 6.50. The largest absolute Gasteiger partial charge is 0.486 e. The second-order valence-corrected chi connectivity index (χ2v) is 4.43. The molecule has 2 rings (SSSR count). The smallest absolute Gasteiger partial charge is 0.322 e. The van der Waals surface area contributed by atoms with Gasteiger partial charge in [0.15, 0.2) is 5.82 Å². The van der Waals surface area contributed by atoms with E-state index in [-0.39, 0.29) is 0 Å². The van der Waals surface area contributed by atoms with E-state index < -0.39 is 12.0 Å². The van der Waals surface area contributed by atoms with E-state index in [1.165, 1.54) is 7.11 Å². The molecular weight excluding hydrogens is 270 g/mol. The third kappa shape index (κ3) is 4.54. The fraction of sp³-hybridized carbons (Fsp3) is 0.267. The molecule has 0 saturated carbocycles. The highest BCUT2D eigenvalue weighted by molar-refractivity contribution is 5.75. The van der Waals surface area contributed by atoms with Crippen LogP contribution in [0.15, 0.2) is 42.7 Å². The number of methoxy groups -OCH3 is 1. The van der Waals surface area contributed by atoms with Crippen molar-refractivity contribution >= 4 is 5.97 Å². The molecule has 1 aromatic carbocycles. The fourth-order valence-electron chi connectivity index (χ4n) is 1.76. The van der Waals surface area contributed by atoms with Crippen molar-refractivity contribution in [3.05, 3.63) is 54.1 Å². The molecule has 1 unspecified atom stereocenters. The highest BCUT2D eigenvalue weighted by Crippen LogP contribution is 2.14. The Kier molecular flexibility index (Phi) is 5.22. The lowest BCUT2D eigenvalue weighted by Crippen LogP contribution is -2.33. The van der Waals surface area contributed by atoms with Crippen molar-refractivity contribution in [1.82, 2.24) is 9.97 Å². The zero-order valence-electron chi connectivity index (χ0n) is 11.7. The lowest BCUT2D eigenvalue weighted by molar-refractivity contribution is -0.142. The van der Waals surface area contributed by atoms with E-state index >= 15 is 0 Å². The predicted octanol–water partition coefficient (Wildman–Crippen LogP) is 1.10. The molecular formula is C15H17N3O3. The van der Waals surface area contributed by atoms with Crippen LogP contribution in [0.3, 0.4) is 0 Å². The van der Waals surface area contributed by atoms with E-state index in [4.69, 9.17) is 10.5 Å². The molecule has 6 heteroatoms. The number of ether oxygens (including phenoxy) is 2. The first-order chi connectivity index (χ1) is 10.2. The Bertz CT molecular complexity index is 572. The summed E-state index contributed by atoms with van der Waals surface area (Å²) >= 11 is 0. The first-order valence-electron chi connectivity index (χ1n) is 6.50. The Morgan fingerprint density at radius 3 is 2.52 bits per heavy atom. The van der Waals surface area contributed by atoms with Gasteiger partial charge in [-0.3, -0.25) is 4.79 Å². The number of hydrogen-bond donors (Lipinski definition) is 1. The Morgan fingerprint density at radius 1 is 1.24 bits per heavy atom. The van der Waals surface area contributed by atoms with Gasteiger partial charge in [0.2, 0.25) is 0 Å². The minimum atomic E-state index is -0.653. The molecule has 0 aliphatic heterocycles. The molecule has 6 nitrogen and oxygen atoms in total. The molecule has 0 radical (unpaired) electrons. The first kappa shape index (κ1) is 14.9. The summed E-state index contributed by atoms with van der Waals surface area (Å²) in [6.07, 6.45) is 3.76. The van der Waals surface area contributed by atoms with Gasteiger partial charge in [0, 0.05) is 12.4 Å². The van der Waals surface area contributed by atoms with Gasteiger partial charge in [-0.05, 0) is 30.2 Å². The number of hydrogen-bond acceptors (Lipinski definition) is 6. The van der Waals surface area contributed by atoms with Crippen molar-refractivity contribution in [3.63, 3.8) is 0 Å². The van der Waals surface area contributed by atoms with Crippen LogP contribution in [0.2, 0.25) is 0 Å². The molecule has 0 fully saturated rings. The number of esters is 1. The zero-order valence-corrected chi connectivity index (χ0v) is 11.7. The van der Waals surface area contributed by atoms with Crippen LogP contribution in [0.4, 0.5) is 0 Å². The normalized spacial score (nSPS) is 11.7. The zero-order chi connectivity index (χ0) is 15.1. The fourth-order valence-corrected chi connectivity index (χ4v) is 1.76. The Balaban J connectivity index is 1.88. The monoisotopic (exact) mass is 287 g/mol. The summed E-state index contributed by atoms with van der Waals surface area (Å²) in [6.45, 7) is 0.307. The van der Waals surface area contributed by atoms with Crippen LogP contribution in [0, 0.1) is 0 Å². The van der Waals surface area contributed by atoms with E-state index in [2.05, 4.69) is 14.7 Å². The van der Waals surface area contributed by atoms with Gasteiger partial charge in [0.05, 0.1) is 7.11 Å². The third-order valence-electron chi connectivity index (χ3n) is 2.87. The number of nitrogens with two attached hydrogens (primary N) is 1. The molecule has 0 bridgehead atoms. The number of carbonyl (C=O) groups is 1. The maximum absolute atomic E-state index is 11.3. The molecule has 2 aromatic rings. The molecule has 0 aliphatic rings. The van der Waals surface area contributed by atoms with E-state index in [0.29, 0.717) is 24.6 Å². The number of rotatable bonds is 6. The van der Waals surface area contributed by atoms with E-state index in [0.717, 1.165) is 5.56 Å². The van der Waals surface area contributed by atoms with E-state index in [1.54, 1.807) is 18.5 Å². The standard InChI is InChI=1S/C15H17N3O3/c1-20-15(19)13(16)9-11-3-5-12(6-4-11)21-10-14-17-7-2-8-18-14/h2-8,13H,9-10,16H2,1H3. The van der Waals surface area contributed by atoms with Gasteiger partial charge in [0.1, 0.15) is 18.4 Å². The van der Waals surface area contributed by atoms with Crippen LogP contribution in [0.25, 0.3) is 0 Å². The molecule has 1 atom stereocenters. The Labute approximate surface area is 122 Å². The summed E-state index contributed by atoms with van der Waals surface area (Å²) in [4.78, 5) is 19.4. The molecule has 1 heterocycles. The second kappa shape index (κ2) is 7.35. The molecule has 2 N–H and O–H groups in total. The van der Waals surface area contributed by atoms with Crippen molar-refractivity contribution < 1.29 is 14.3 Å². The van der Waals surface area contributed by atoms with Gasteiger partial charge in [0.25, 0.3) is 0 Å². The molecule has 21 heavy (non-hydrogen) atoms. The quantitative estimate of drug-likeness (QED) is 0.800. The molecule has 1 aromatic heterocycles. The van der Waals surface area contributed by atoms with Crippen molar-refractivity contribution in [2.45, 2.75) is 19.1 Å². The van der Waals surface area contributed by atoms with Crippen LogP contribution in [0.1, 0.15) is 11.4 Å².